The lowest BCUT2D eigenvalue weighted by molar-refractivity contribution is -0.137. The van der Waals surface area contributed by atoms with Crippen LogP contribution in [0.25, 0.3) is 0 Å². The number of anilines is 1. The number of rotatable bonds is 5. The van der Waals surface area contributed by atoms with Crippen molar-refractivity contribution < 1.29 is 22.4 Å². The second kappa shape index (κ2) is 7.32. The molecule has 0 saturated heterocycles. The third-order valence-corrected chi connectivity index (χ3v) is 3.04. The Balaban J connectivity index is 1.83. The van der Waals surface area contributed by atoms with Crippen molar-refractivity contribution in [3.8, 4) is 0 Å². The van der Waals surface area contributed by atoms with Gasteiger partial charge in [0.05, 0.1) is 18.3 Å². The Morgan fingerprint density at radius 1 is 1.30 bits per heavy atom. The Bertz CT molecular complexity index is 713. The Morgan fingerprint density at radius 2 is 2.09 bits per heavy atom. The van der Waals surface area contributed by atoms with Crippen molar-refractivity contribution in [3.05, 3.63) is 52.4 Å². The first kappa shape index (κ1) is 17.1. The second-order valence-electron chi connectivity index (χ2n) is 4.37. The van der Waals surface area contributed by atoms with Gasteiger partial charge in [0.2, 0.25) is 0 Å². The van der Waals surface area contributed by atoms with E-state index in [0.717, 1.165) is 12.1 Å². The number of benzene rings is 1. The zero-order valence-electron chi connectivity index (χ0n) is 11.5. The number of amides is 1. The number of carbonyl (C=O) groups excluding carboxylic acids is 1. The fourth-order valence-electron chi connectivity index (χ4n) is 1.59. The number of nitrogens with one attached hydrogen (secondary N) is 2. The lowest BCUT2D eigenvalue weighted by atomic mass is 10.2. The Morgan fingerprint density at radius 3 is 2.74 bits per heavy atom. The van der Waals surface area contributed by atoms with E-state index in [1.807, 2.05) is 0 Å². The van der Waals surface area contributed by atoms with Gasteiger partial charge in [-0.15, -0.1) is 0 Å². The van der Waals surface area contributed by atoms with Crippen LogP contribution < -0.4 is 10.7 Å². The van der Waals surface area contributed by atoms with Gasteiger partial charge in [-0.1, -0.05) is 6.07 Å². The van der Waals surface area contributed by atoms with Crippen LogP contribution in [0.5, 0.6) is 0 Å². The second-order valence-corrected chi connectivity index (χ2v) is 5.15. The summed E-state index contributed by atoms with van der Waals surface area (Å²) >= 11 is 3.12. The van der Waals surface area contributed by atoms with Gasteiger partial charge in [-0.3, -0.25) is 4.79 Å². The highest BCUT2D eigenvalue weighted by atomic mass is 79.9. The van der Waals surface area contributed by atoms with Crippen LogP contribution in [0, 0.1) is 0 Å². The number of halogens is 4. The highest BCUT2D eigenvalue weighted by Gasteiger charge is 2.30. The molecule has 0 fully saturated rings. The maximum atomic E-state index is 12.6. The first-order valence-corrected chi connectivity index (χ1v) is 7.12. The smallest absolute Gasteiger partial charge is 0.416 e. The molecule has 5 nitrogen and oxygen atoms in total. The molecule has 1 amide bonds. The molecule has 0 atom stereocenters. The molecule has 1 aromatic heterocycles. The number of hydrazone groups is 1. The monoisotopic (exact) mass is 389 g/mol. The summed E-state index contributed by atoms with van der Waals surface area (Å²) in [5, 5.41) is 6.26. The van der Waals surface area contributed by atoms with E-state index in [0.29, 0.717) is 10.4 Å². The molecule has 122 valence electrons. The lowest BCUT2D eigenvalue weighted by Gasteiger charge is -2.09. The van der Waals surface area contributed by atoms with Crippen LogP contribution in [0.3, 0.4) is 0 Å². The Labute approximate surface area is 137 Å². The number of furan rings is 1. The standard InChI is InChI=1S/C14H11BrF3N3O2/c15-12-5-4-11(23-12)7-20-21-13(22)8-19-10-3-1-2-9(6-10)14(16,17)18/h1-7,19H,8H2,(H,21,22)/b20-7-. The molecule has 0 aliphatic carbocycles. The number of carbonyl (C=O) groups is 1. The minimum atomic E-state index is -4.43. The molecule has 0 aliphatic heterocycles. The van der Waals surface area contributed by atoms with E-state index in [2.05, 4.69) is 31.8 Å². The fraction of sp³-hybridized carbons (Fsp3) is 0.143. The molecule has 2 N–H and O–H groups in total. The minimum absolute atomic E-state index is 0.189. The maximum absolute atomic E-state index is 12.6. The van der Waals surface area contributed by atoms with Gasteiger partial charge in [0.15, 0.2) is 4.67 Å². The molecule has 0 saturated carbocycles. The molecule has 2 aromatic rings. The summed E-state index contributed by atoms with van der Waals surface area (Å²) in [6, 6.07) is 7.88. The first-order chi connectivity index (χ1) is 10.8. The fourth-order valence-corrected chi connectivity index (χ4v) is 1.91. The summed E-state index contributed by atoms with van der Waals surface area (Å²) < 4.78 is 43.3. The van der Waals surface area contributed by atoms with E-state index in [1.165, 1.54) is 18.3 Å². The molecule has 0 radical (unpaired) electrons. The lowest BCUT2D eigenvalue weighted by Crippen LogP contribution is -2.26. The van der Waals surface area contributed by atoms with E-state index < -0.39 is 17.6 Å². The van der Waals surface area contributed by atoms with Crippen LogP contribution in [0.4, 0.5) is 18.9 Å². The van der Waals surface area contributed by atoms with Gasteiger partial charge in [-0.05, 0) is 46.3 Å². The predicted octanol–water partition coefficient (Wildman–Crippen LogP) is 3.62. The van der Waals surface area contributed by atoms with Crippen LogP contribution in [-0.2, 0) is 11.0 Å². The number of alkyl halides is 3. The SMILES string of the molecule is O=C(CNc1cccc(C(F)(F)F)c1)N/N=C\c1ccc(Br)o1. The minimum Gasteiger partial charge on any atom is -0.448 e. The van der Waals surface area contributed by atoms with Crippen molar-refractivity contribution in [1.82, 2.24) is 5.43 Å². The maximum Gasteiger partial charge on any atom is 0.416 e. The summed E-state index contributed by atoms with van der Waals surface area (Å²) in [6.07, 6.45) is -3.13. The molecular formula is C14H11BrF3N3O2. The molecule has 2 rings (SSSR count). The molecule has 0 unspecified atom stereocenters. The highest BCUT2D eigenvalue weighted by molar-refractivity contribution is 9.10. The van der Waals surface area contributed by atoms with Crippen LogP contribution in [0.1, 0.15) is 11.3 Å². The molecule has 1 aromatic carbocycles. The van der Waals surface area contributed by atoms with Crippen LogP contribution in [0.2, 0.25) is 0 Å². The van der Waals surface area contributed by atoms with E-state index in [4.69, 9.17) is 4.42 Å². The van der Waals surface area contributed by atoms with E-state index in [9.17, 15) is 18.0 Å². The molecule has 9 heteroatoms. The molecule has 0 aliphatic rings. The van der Waals surface area contributed by atoms with Crippen molar-refractivity contribution in [1.29, 1.82) is 0 Å². The summed E-state index contributed by atoms with van der Waals surface area (Å²) in [6.45, 7) is -0.222. The van der Waals surface area contributed by atoms with Crippen molar-refractivity contribution >= 4 is 33.7 Å². The molecule has 1 heterocycles. The van der Waals surface area contributed by atoms with Crippen LogP contribution in [0.15, 0.2) is 50.6 Å². The zero-order chi connectivity index (χ0) is 16.9. The van der Waals surface area contributed by atoms with Gasteiger partial charge in [0, 0.05) is 5.69 Å². The van der Waals surface area contributed by atoms with E-state index in [1.54, 1.807) is 12.1 Å². The zero-order valence-corrected chi connectivity index (χ0v) is 13.1. The van der Waals surface area contributed by atoms with E-state index >= 15 is 0 Å². The van der Waals surface area contributed by atoms with Crippen LogP contribution in [-0.4, -0.2) is 18.7 Å². The summed E-state index contributed by atoms with van der Waals surface area (Å²) in [7, 11) is 0. The highest BCUT2D eigenvalue weighted by Crippen LogP contribution is 2.30. The quantitative estimate of drug-likeness (QED) is 0.606. The van der Waals surface area contributed by atoms with Crippen molar-refractivity contribution in [2.24, 2.45) is 5.10 Å². The van der Waals surface area contributed by atoms with Gasteiger partial charge in [-0.25, -0.2) is 5.43 Å². The average molecular weight is 390 g/mol. The van der Waals surface area contributed by atoms with Gasteiger partial charge in [0.1, 0.15) is 5.76 Å². The molecular weight excluding hydrogens is 379 g/mol. The van der Waals surface area contributed by atoms with Crippen molar-refractivity contribution in [2.75, 3.05) is 11.9 Å². The normalized spacial score (nSPS) is 11.7. The molecule has 0 spiro atoms. The Kier molecular flexibility index (Phi) is 5.43. The van der Waals surface area contributed by atoms with Gasteiger partial charge >= 0.3 is 6.18 Å². The summed E-state index contributed by atoms with van der Waals surface area (Å²) in [4.78, 5) is 11.5. The number of hydrogen-bond acceptors (Lipinski definition) is 4. The van der Waals surface area contributed by atoms with Gasteiger partial charge in [0.25, 0.3) is 5.91 Å². The average Bonchev–Trinajstić information content (AvgIpc) is 2.90. The molecule has 0 bridgehead atoms. The third kappa shape index (κ3) is 5.44. The number of nitrogens with zero attached hydrogens (tertiary/aromatic N) is 1. The third-order valence-electron chi connectivity index (χ3n) is 2.62. The van der Waals surface area contributed by atoms with Crippen molar-refractivity contribution in [2.45, 2.75) is 6.18 Å². The van der Waals surface area contributed by atoms with Gasteiger partial charge < -0.3 is 9.73 Å². The first-order valence-electron chi connectivity index (χ1n) is 6.33. The van der Waals surface area contributed by atoms with Gasteiger partial charge in [-0.2, -0.15) is 18.3 Å². The van der Waals surface area contributed by atoms with Crippen LogP contribution >= 0.6 is 15.9 Å². The summed E-state index contributed by atoms with van der Waals surface area (Å²) in [5.41, 5.74) is 1.63. The number of hydrogen-bond donors (Lipinski definition) is 2. The Hall–Kier alpha value is -2.29. The largest absolute Gasteiger partial charge is 0.448 e. The van der Waals surface area contributed by atoms with E-state index in [-0.39, 0.29) is 12.2 Å². The summed E-state index contributed by atoms with van der Waals surface area (Å²) in [5.74, 6) is -0.0766. The topological polar surface area (TPSA) is 66.6 Å². The predicted molar refractivity (Wildman–Crippen MR) is 82.1 cm³/mol. The molecule has 23 heavy (non-hydrogen) atoms. The van der Waals surface area contributed by atoms with Crippen molar-refractivity contribution in [3.63, 3.8) is 0 Å².